The zero-order valence-electron chi connectivity index (χ0n) is 19.4. The first kappa shape index (κ1) is 23.4. The number of nitrogens with one attached hydrogen (secondary N) is 1. The van der Waals surface area contributed by atoms with E-state index in [1.54, 1.807) is 11.3 Å². The SMILES string of the molecule is CONC(=O)Cc1c(C)n(Cc2ccc(Cl)cc2)c2ccc(OCc3nc4ccccc4s3)cc12. The van der Waals surface area contributed by atoms with Crippen molar-refractivity contribution in [3.63, 3.8) is 0 Å². The van der Waals surface area contributed by atoms with Crippen molar-refractivity contribution < 1.29 is 14.4 Å². The normalized spacial score (nSPS) is 11.3. The van der Waals surface area contributed by atoms with Gasteiger partial charge in [-0.25, -0.2) is 10.5 Å². The van der Waals surface area contributed by atoms with E-state index in [2.05, 4.69) is 21.1 Å². The molecule has 3 aromatic carbocycles. The van der Waals surface area contributed by atoms with Crippen LogP contribution < -0.4 is 10.2 Å². The lowest BCUT2D eigenvalue weighted by atomic mass is 10.1. The van der Waals surface area contributed by atoms with Gasteiger partial charge in [-0.1, -0.05) is 35.9 Å². The number of hydroxylamine groups is 1. The predicted molar refractivity (Wildman–Crippen MR) is 140 cm³/mol. The van der Waals surface area contributed by atoms with Crippen molar-refractivity contribution in [3.8, 4) is 5.75 Å². The molecule has 5 rings (SSSR count). The number of fused-ring (bicyclic) bond motifs is 2. The fourth-order valence-electron chi connectivity index (χ4n) is 4.26. The minimum atomic E-state index is -0.207. The third-order valence-corrected chi connectivity index (χ3v) is 7.20. The Labute approximate surface area is 212 Å². The fraction of sp³-hybridized carbons (Fsp3) is 0.185. The molecular formula is C27H24ClN3O3S. The van der Waals surface area contributed by atoms with Crippen molar-refractivity contribution in [2.24, 2.45) is 0 Å². The molecule has 2 heterocycles. The maximum atomic E-state index is 12.4. The summed E-state index contributed by atoms with van der Waals surface area (Å²) in [5.74, 6) is 0.524. The molecule has 0 bridgehead atoms. The highest BCUT2D eigenvalue weighted by atomic mass is 35.5. The van der Waals surface area contributed by atoms with Crippen molar-refractivity contribution in [3.05, 3.63) is 93.6 Å². The molecule has 0 fully saturated rings. The van der Waals surface area contributed by atoms with Crippen LogP contribution in [0.4, 0.5) is 0 Å². The van der Waals surface area contributed by atoms with Crippen LogP contribution in [0.2, 0.25) is 5.02 Å². The van der Waals surface area contributed by atoms with Crippen LogP contribution >= 0.6 is 22.9 Å². The van der Waals surface area contributed by atoms with E-state index in [1.807, 2.05) is 67.6 Å². The van der Waals surface area contributed by atoms with E-state index in [-0.39, 0.29) is 12.3 Å². The standard InChI is InChI=1S/C27H24ClN3O3S/c1-17-21(14-26(32)30-33-2)22-13-20(34-16-27-29-23-5-3-4-6-25(23)35-27)11-12-24(22)31(17)15-18-7-9-19(28)10-8-18/h3-13H,14-16H2,1-2H3,(H,30,32). The van der Waals surface area contributed by atoms with Gasteiger partial charge in [0.25, 0.3) is 0 Å². The third-order valence-electron chi connectivity index (χ3n) is 5.93. The Morgan fingerprint density at radius 1 is 1.11 bits per heavy atom. The third kappa shape index (κ3) is 5.03. The Bertz CT molecular complexity index is 1470. The molecule has 8 heteroatoms. The number of hydrogen-bond donors (Lipinski definition) is 1. The second kappa shape index (κ2) is 10.1. The van der Waals surface area contributed by atoms with Crippen LogP contribution in [-0.4, -0.2) is 22.6 Å². The van der Waals surface area contributed by atoms with Gasteiger partial charge < -0.3 is 9.30 Å². The lowest BCUT2D eigenvalue weighted by Gasteiger charge is -2.10. The molecule has 1 N–H and O–H groups in total. The molecule has 1 amide bonds. The molecule has 0 atom stereocenters. The van der Waals surface area contributed by atoms with Crippen molar-refractivity contribution in [2.75, 3.05) is 7.11 Å². The van der Waals surface area contributed by atoms with Gasteiger partial charge in [-0.05, 0) is 60.5 Å². The molecule has 0 spiro atoms. The van der Waals surface area contributed by atoms with Gasteiger partial charge in [0.05, 0.1) is 23.7 Å². The second-order valence-corrected chi connectivity index (χ2v) is 9.78. The molecule has 35 heavy (non-hydrogen) atoms. The van der Waals surface area contributed by atoms with E-state index >= 15 is 0 Å². The van der Waals surface area contributed by atoms with E-state index in [0.717, 1.165) is 48.7 Å². The number of hydrogen-bond acceptors (Lipinski definition) is 5. The number of amides is 1. The quantitative estimate of drug-likeness (QED) is 0.260. The summed E-state index contributed by atoms with van der Waals surface area (Å²) in [4.78, 5) is 21.9. The fourth-order valence-corrected chi connectivity index (χ4v) is 5.26. The van der Waals surface area contributed by atoms with Crippen molar-refractivity contribution in [2.45, 2.75) is 26.5 Å². The number of para-hydroxylation sites is 1. The average Bonchev–Trinajstić information content (AvgIpc) is 3.38. The Hall–Kier alpha value is -3.39. The summed E-state index contributed by atoms with van der Waals surface area (Å²) in [7, 11) is 1.43. The van der Waals surface area contributed by atoms with Crippen LogP contribution in [0.25, 0.3) is 21.1 Å². The first-order valence-corrected chi connectivity index (χ1v) is 12.4. The molecule has 178 valence electrons. The molecule has 0 aliphatic rings. The molecule has 0 aliphatic carbocycles. The van der Waals surface area contributed by atoms with Crippen LogP contribution in [0.3, 0.4) is 0 Å². The van der Waals surface area contributed by atoms with Crippen LogP contribution in [0.1, 0.15) is 21.8 Å². The number of aromatic nitrogens is 2. The maximum absolute atomic E-state index is 12.4. The zero-order chi connectivity index (χ0) is 24.4. The topological polar surface area (TPSA) is 65.4 Å². The number of nitrogens with zero attached hydrogens (tertiary/aromatic N) is 2. The number of carbonyl (C=O) groups is 1. The summed E-state index contributed by atoms with van der Waals surface area (Å²) in [5.41, 5.74) is 7.52. The van der Waals surface area contributed by atoms with Gasteiger partial charge >= 0.3 is 0 Å². The van der Waals surface area contributed by atoms with Crippen molar-refractivity contribution >= 4 is 50.0 Å². The Morgan fingerprint density at radius 2 is 1.91 bits per heavy atom. The molecule has 0 unspecified atom stereocenters. The predicted octanol–water partition coefficient (Wildman–Crippen LogP) is 6.06. The first-order valence-electron chi connectivity index (χ1n) is 11.2. The van der Waals surface area contributed by atoms with Gasteiger partial charge in [0.15, 0.2) is 0 Å². The summed E-state index contributed by atoms with van der Waals surface area (Å²) >= 11 is 7.70. The highest BCUT2D eigenvalue weighted by molar-refractivity contribution is 7.18. The number of halogens is 1. The lowest BCUT2D eigenvalue weighted by Crippen LogP contribution is -2.23. The summed E-state index contributed by atoms with van der Waals surface area (Å²) in [6.07, 6.45) is 0.200. The maximum Gasteiger partial charge on any atom is 0.248 e. The Balaban J connectivity index is 1.47. The molecule has 0 aliphatic heterocycles. The number of rotatable bonds is 8. The molecular weight excluding hydrogens is 482 g/mol. The van der Waals surface area contributed by atoms with Gasteiger partial charge in [-0.2, -0.15) is 0 Å². The summed E-state index contributed by atoms with van der Waals surface area (Å²) in [6, 6.07) is 21.9. The van der Waals surface area contributed by atoms with Gasteiger partial charge in [0.1, 0.15) is 17.4 Å². The van der Waals surface area contributed by atoms with Crippen molar-refractivity contribution in [1.82, 2.24) is 15.0 Å². The summed E-state index contributed by atoms with van der Waals surface area (Å²) in [5, 5.41) is 2.60. The largest absolute Gasteiger partial charge is 0.486 e. The number of ether oxygens (including phenoxy) is 1. The summed E-state index contributed by atoms with van der Waals surface area (Å²) < 4.78 is 9.47. The monoisotopic (exact) mass is 505 g/mol. The molecule has 5 aromatic rings. The van der Waals surface area contributed by atoms with Crippen LogP contribution in [-0.2, 0) is 29.2 Å². The highest BCUT2D eigenvalue weighted by Gasteiger charge is 2.18. The van der Waals surface area contributed by atoms with Gasteiger partial charge in [0.2, 0.25) is 5.91 Å². The second-order valence-electron chi connectivity index (χ2n) is 8.23. The molecule has 0 saturated heterocycles. The van der Waals surface area contributed by atoms with E-state index in [9.17, 15) is 4.79 Å². The van der Waals surface area contributed by atoms with E-state index in [4.69, 9.17) is 21.2 Å². The van der Waals surface area contributed by atoms with Gasteiger partial charge in [-0.3, -0.25) is 9.63 Å². The molecule has 2 aromatic heterocycles. The lowest BCUT2D eigenvalue weighted by molar-refractivity contribution is -0.130. The van der Waals surface area contributed by atoms with Crippen LogP contribution in [0, 0.1) is 6.92 Å². The van der Waals surface area contributed by atoms with Crippen LogP contribution in [0.5, 0.6) is 5.75 Å². The van der Waals surface area contributed by atoms with E-state index < -0.39 is 0 Å². The van der Waals surface area contributed by atoms with Gasteiger partial charge in [-0.15, -0.1) is 11.3 Å². The molecule has 0 saturated carbocycles. The molecule has 0 radical (unpaired) electrons. The average molecular weight is 506 g/mol. The number of benzene rings is 3. The van der Waals surface area contributed by atoms with Crippen molar-refractivity contribution in [1.29, 1.82) is 0 Å². The minimum Gasteiger partial charge on any atom is -0.486 e. The first-order chi connectivity index (χ1) is 17.0. The minimum absolute atomic E-state index is 0.200. The summed E-state index contributed by atoms with van der Waals surface area (Å²) in [6.45, 7) is 3.08. The van der Waals surface area contributed by atoms with Crippen LogP contribution in [0.15, 0.2) is 66.7 Å². The smallest absolute Gasteiger partial charge is 0.248 e. The number of thiazole rings is 1. The Kier molecular flexibility index (Phi) is 6.72. The highest BCUT2D eigenvalue weighted by Crippen LogP contribution is 2.32. The number of carbonyl (C=O) groups excluding carboxylic acids is 1. The Morgan fingerprint density at radius 3 is 2.69 bits per heavy atom. The zero-order valence-corrected chi connectivity index (χ0v) is 20.9. The van der Waals surface area contributed by atoms with Gasteiger partial charge in [0, 0.05) is 28.2 Å². The van der Waals surface area contributed by atoms with E-state index in [0.29, 0.717) is 18.2 Å². The molecule has 6 nitrogen and oxygen atoms in total. The van der Waals surface area contributed by atoms with E-state index in [1.165, 1.54) is 7.11 Å².